The summed E-state index contributed by atoms with van der Waals surface area (Å²) in [5.41, 5.74) is 1.10. The Morgan fingerprint density at radius 2 is 1.97 bits per heavy atom. The van der Waals surface area contributed by atoms with E-state index < -0.39 is 17.7 Å². The van der Waals surface area contributed by atoms with Gasteiger partial charge in [-0.15, -0.1) is 11.3 Å². The fourth-order valence-corrected chi connectivity index (χ4v) is 3.44. The van der Waals surface area contributed by atoms with Crippen molar-refractivity contribution in [3.05, 3.63) is 70.7 Å². The van der Waals surface area contributed by atoms with Crippen LogP contribution in [0.4, 0.5) is 25.1 Å². The second kappa shape index (κ2) is 8.47. The van der Waals surface area contributed by atoms with Gasteiger partial charge in [-0.1, -0.05) is 11.6 Å². The number of pyridine rings is 1. The molecule has 0 bridgehead atoms. The van der Waals surface area contributed by atoms with Crippen molar-refractivity contribution in [3.8, 4) is 22.2 Å². The molecule has 7 nitrogen and oxygen atoms in total. The van der Waals surface area contributed by atoms with Crippen molar-refractivity contribution in [2.45, 2.75) is 0 Å². The number of thiophene rings is 1. The Hall–Kier alpha value is -3.50. The van der Waals surface area contributed by atoms with Crippen LogP contribution < -0.4 is 15.4 Å². The summed E-state index contributed by atoms with van der Waals surface area (Å²) < 4.78 is 32.5. The Morgan fingerprint density at radius 1 is 1.10 bits per heavy atom. The molecule has 0 aliphatic heterocycles. The van der Waals surface area contributed by atoms with E-state index in [-0.39, 0.29) is 11.6 Å². The third-order valence-electron chi connectivity index (χ3n) is 3.76. The van der Waals surface area contributed by atoms with E-state index in [9.17, 15) is 13.6 Å². The van der Waals surface area contributed by atoms with Gasteiger partial charge in [0.1, 0.15) is 5.82 Å². The molecule has 152 valence electrons. The minimum Gasteiger partial charge on any atom is -0.436 e. The van der Waals surface area contributed by atoms with E-state index in [0.717, 1.165) is 22.7 Å². The number of anilines is 2. The summed E-state index contributed by atoms with van der Waals surface area (Å²) in [6, 6.07) is 10.7. The van der Waals surface area contributed by atoms with Crippen LogP contribution in [0, 0.1) is 11.6 Å². The third-order valence-corrected chi connectivity index (χ3v) is 5.03. The maximum Gasteiger partial charge on any atom is 0.324 e. The number of hydrogen-bond donors (Lipinski definition) is 3. The number of aromatic nitrogens is 3. The molecule has 0 fully saturated rings. The number of H-pyrrole nitrogens is 1. The summed E-state index contributed by atoms with van der Waals surface area (Å²) in [6.45, 7) is 0. The van der Waals surface area contributed by atoms with Gasteiger partial charge in [-0.2, -0.15) is 5.10 Å². The number of nitrogens with one attached hydrogen (secondary N) is 3. The Bertz CT molecular complexity index is 1200. The van der Waals surface area contributed by atoms with Crippen molar-refractivity contribution in [1.82, 2.24) is 15.2 Å². The van der Waals surface area contributed by atoms with E-state index in [1.54, 1.807) is 12.1 Å². The highest BCUT2D eigenvalue weighted by molar-refractivity contribution is 7.19. The molecule has 3 heterocycles. The Balaban J connectivity index is 1.35. The summed E-state index contributed by atoms with van der Waals surface area (Å²) in [5, 5.41) is 12.0. The number of rotatable bonds is 5. The van der Waals surface area contributed by atoms with Crippen LogP contribution >= 0.6 is 22.9 Å². The zero-order valence-corrected chi connectivity index (χ0v) is 16.5. The van der Waals surface area contributed by atoms with Crippen LogP contribution in [0.3, 0.4) is 0 Å². The number of halogens is 3. The topological polar surface area (TPSA) is 91.9 Å². The van der Waals surface area contributed by atoms with E-state index in [2.05, 4.69) is 25.8 Å². The van der Waals surface area contributed by atoms with Crippen LogP contribution in [-0.4, -0.2) is 21.2 Å². The van der Waals surface area contributed by atoms with E-state index >= 15 is 0 Å². The van der Waals surface area contributed by atoms with Gasteiger partial charge < -0.3 is 10.1 Å². The number of carbonyl (C=O) groups excluding carboxylic acids is 1. The van der Waals surface area contributed by atoms with Crippen LogP contribution in [0.25, 0.3) is 10.6 Å². The molecule has 30 heavy (non-hydrogen) atoms. The van der Waals surface area contributed by atoms with Crippen LogP contribution in [0.5, 0.6) is 11.6 Å². The highest BCUT2D eigenvalue weighted by Gasteiger charge is 2.10. The molecule has 0 atom stereocenters. The molecule has 2 amide bonds. The lowest BCUT2D eigenvalue weighted by Crippen LogP contribution is -2.19. The second-order valence-electron chi connectivity index (χ2n) is 5.91. The summed E-state index contributed by atoms with van der Waals surface area (Å²) in [5.74, 6) is -1.31. The van der Waals surface area contributed by atoms with Crippen molar-refractivity contribution in [1.29, 1.82) is 0 Å². The van der Waals surface area contributed by atoms with Crippen LogP contribution in [0.1, 0.15) is 0 Å². The largest absolute Gasteiger partial charge is 0.436 e. The lowest BCUT2D eigenvalue weighted by Gasteiger charge is -2.08. The van der Waals surface area contributed by atoms with Crippen molar-refractivity contribution in [3.63, 3.8) is 0 Å². The number of hydrogen-bond acceptors (Lipinski definition) is 5. The fraction of sp³-hybridized carbons (Fsp3) is 0. The molecular formula is C19H12ClF2N5O2S. The normalized spacial score (nSPS) is 10.6. The van der Waals surface area contributed by atoms with Gasteiger partial charge in [0.15, 0.2) is 17.4 Å². The Morgan fingerprint density at radius 3 is 2.67 bits per heavy atom. The summed E-state index contributed by atoms with van der Waals surface area (Å²) in [7, 11) is 0. The number of carbonyl (C=O) groups is 1. The van der Waals surface area contributed by atoms with Gasteiger partial charge in [-0.05, 0) is 30.3 Å². The first-order chi connectivity index (χ1) is 14.5. The third kappa shape index (κ3) is 4.73. The molecule has 3 N–H and O–H groups in total. The van der Waals surface area contributed by atoms with Gasteiger partial charge in [0.05, 0.1) is 26.8 Å². The van der Waals surface area contributed by atoms with Gasteiger partial charge in [0.25, 0.3) is 0 Å². The van der Waals surface area contributed by atoms with E-state index in [4.69, 9.17) is 16.3 Å². The quantitative estimate of drug-likeness (QED) is 0.355. The molecular weight excluding hydrogens is 436 g/mol. The molecule has 11 heteroatoms. The Labute approximate surface area is 177 Å². The number of ether oxygens (including phenoxy) is 1. The Kier molecular flexibility index (Phi) is 5.59. The zero-order chi connectivity index (χ0) is 21.1. The molecule has 4 aromatic rings. The number of benzene rings is 1. The lowest BCUT2D eigenvalue weighted by molar-refractivity contribution is 0.262. The van der Waals surface area contributed by atoms with Crippen molar-refractivity contribution >= 4 is 40.5 Å². The highest BCUT2D eigenvalue weighted by Crippen LogP contribution is 2.30. The van der Waals surface area contributed by atoms with Crippen LogP contribution in [0.15, 0.2) is 54.7 Å². The first-order valence-electron chi connectivity index (χ1n) is 8.44. The van der Waals surface area contributed by atoms with Gasteiger partial charge in [-0.3, -0.25) is 10.4 Å². The molecule has 0 spiro atoms. The number of amides is 2. The molecule has 0 unspecified atom stereocenters. The SMILES string of the molecule is O=C(Nc1ccc(Oc2ccc(F)cc2F)nc1)Nc1cc(-c2ccc(Cl)s2)[nH]n1. The smallest absolute Gasteiger partial charge is 0.324 e. The number of urea groups is 1. The van der Waals surface area contributed by atoms with Crippen molar-refractivity contribution < 1.29 is 18.3 Å². The zero-order valence-electron chi connectivity index (χ0n) is 14.9. The average molecular weight is 448 g/mol. The summed E-state index contributed by atoms with van der Waals surface area (Å²) >= 11 is 7.30. The highest BCUT2D eigenvalue weighted by atomic mass is 35.5. The minimum absolute atomic E-state index is 0.0815. The molecule has 3 aromatic heterocycles. The van der Waals surface area contributed by atoms with E-state index in [1.807, 2.05) is 6.07 Å². The maximum absolute atomic E-state index is 13.6. The summed E-state index contributed by atoms with van der Waals surface area (Å²) in [4.78, 5) is 17.0. The molecule has 1 aromatic carbocycles. The molecule has 0 saturated carbocycles. The monoisotopic (exact) mass is 447 g/mol. The summed E-state index contributed by atoms with van der Waals surface area (Å²) in [6.07, 6.45) is 1.33. The van der Waals surface area contributed by atoms with Crippen molar-refractivity contribution in [2.75, 3.05) is 10.6 Å². The van der Waals surface area contributed by atoms with E-state index in [1.165, 1.54) is 29.7 Å². The second-order valence-corrected chi connectivity index (χ2v) is 7.63. The first kappa shape index (κ1) is 19.8. The average Bonchev–Trinajstić information content (AvgIpc) is 3.34. The molecule has 0 aliphatic rings. The standard InChI is InChI=1S/C19H12ClF2N5O2S/c20-16-5-4-15(30-16)13-8-17(27-26-13)25-19(28)24-11-2-6-18(23-9-11)29-14-3-1-10(21)7-12(14)22/h1-9H,(H3,24,25,26,27,28). The van der Waals surface area contributed by atoms with Crippen molar-refractivity contribution in [2.24, 2.45) is 0 Å². The van der Waals surface area contributed by atoms with Gasteiger partial charge >= 0.3 is 6.03 Å². The molecule has 0 radical (unpaired) electrons. The maximum atomic E-state index is 13.6. The van der Waals surface area contributed by atoms with Crippen LogP contribution in [-0.2, 0) is 0 Å². The lowest BCUT2D eigenvalue weighted by atomic mass is 10.3. The molecule has 0 aliphatic carbocycles. The van der Waals surface area contributed by atoms with Gasteiger partial charge in [-0.25, -0.2) is 18.6 Å². The predicted octanol–water partition coefficient (Wildman–Crippen LogP) is 5.90. The fourth-order valence-electron chi connectivity index (χ4n) is 2.43. The van der Waals surface area contributed by atoms with Crippen LogP contribution in [0.2, 0.25) is 4.34 Å². The van der Waals surface area contributed by atoms with E-state index in [0.29, 0.717) is 21.9 Å². The molecule has 0 saturated heterocycles. The number of aromatic amines is 1. The van der Waals surface area contributed by atoms with Gasteiger partial charge in [0.2, 0.25) is 5.88 Å². The number of nitrogens with zero attached hydrogens (tertiary/aromatic N) is 2. The molecule has 4 rings (SSSR count). The predicted molar refractivity (Wildman–Crippen MR) is 110 cm³/mol. The first-order valence-corrected chi connectivity index (χ1v) is 9.64. The van der Waals surface area contributed by atoms with Gasteiger partial charge in [0, 0.05) is 18.2 Å². The minimum atomic E-state index is -0.846.